The Balaban J connectivity index is 2.06. The molecule has 0 radical (unpaired) electrons. The summed E-state index contributed by atoms with van der Waals surface area (Å²) >= 11 is 1.45. The number of nitrogen functional groups attached to an aromatic ring is 1. The third kappa shape index (κ3) is 2.39. The van der Waals surface area contributed by atoms with E-state index in [0.717, 1.165) is 21.3 Å². The Morgan fingerprint density at radius 3 is 2.35 bits per heavy atom. The van der Waals surface area contributed by atoms with Gasteiger partial charge in [0.05, 0.1) is 15.1 Å². The summed E-state index contributed by atoms with van der Waals surface area (Å²) in [4.78, 5) is 4.58. The van der Waals surface area contributed by atoms with E-state index in [0.29, 0.717) is 10.0 Å². The molecule has 4 nitrogen and oxygen atoms in total. The number of rotatable bonds is 2. The molecule has 102 valence electrons. The molecule has 0 aliphatic rings. The maximum absolute atomic E-state index is 11.4. The van der Waals surface area contributed by atoms with E-state index in [1.54, 1.807) is 24.3 Å². The van der Waals surface area contributed by atoms with Gasteiger partial charge in [-0.05, 0) is 35.4 Å². The number of sulfone groups is 1. The van der Waals surface area contributed by atoms with Crippen LogP contribution in [0.5, 0.6) is 0 Å². The number of hydrogen-bond acceptors (Lipinski definition) is 5. The van der Waals surface area contributed by atoms with Gasteiger partial charge in [0.1, 0.15) is 0 Å². The molecule has 0 amide bonds. The van der Waals surface area contributed by atoms with Crippen LogP contribution in [0, 0.1) is 0 Å². The number of hydrogen-bond donors (Lipinski definition) is 1. The molecule has 0 fully saturated rings. The van der Waals surface area contributed by atoms with Gasteiger partial charge in [-0.3, -0.25) is 0 Å². The molecule has 2 N–H and O–H groups in total. The summed E-state index contributed by atoms with van der Waals surface area (Å²) in [7, 11) is -3.16. The van der Waals surface area contributed by atoms with E-state index in [9.17, 15) is 8.42 Å². The third-order valence-corrected chi connectivity index (χ3v) is 5.01. The minimum atomic E-state index is -3.16. The zero-order valence-corrected chi connectivity index (χ0v) is 12.3. The molecule has 0 unspecified atom stereocenters. The lowest BCUT2D eigenvalue weighted by molar-refractivity contribution is 0.602. The van der Waals surface area contributed by atoms with Crippen LogP contribution in [0.1, 0.15) is 0 Å². The Morgan fingerprint density at radius 2 is 1.70 bits per heavy atom. The molecule has 3 rings (SSSR count). The van der Waals surface area contributed by atoms with Gasteiger partial charge in [-0.2, -0.15) is 0 Å². The van der Waals surface area contributed by atoms with E-state index in [-0.39, 0.29) is 0 Å². The average molecular weight is 304 g/mol. The predicted octanol–water partition coefficient (Wildman–Crippen LogP) is 2.95. The van der Waals surface area contributed by atoms with E-state index in [1.165, 1.54) is 17.6 Å². The van der Waals surface area contributed by atoms with Gasteiger partial charge in [-0.1, -0.05) is 29.5 Å². The average Bonchev–Trinajstić information content (AvgIpc) is 2.77. The van der Waals surface area contributed by atoms with Crippen LogP contribution in [-0.2, 0) is 9.84 Å². The number of benzene rings is 2. The van der Waals surface area contributed by atoms with Crippen molar-refractivity contribution in [3.05, 3.63) is 42.5 Å². The van der Waals surface area contributed by atoms with Gasteiger partial charge in [-0.25, -0.2) is 13.4 Å². The van der Waals surface area contributed by atoms with Crippen molar-refractivity contribution in [3.8, 4) is 11.1 Å². The summed E-state index contributed by atoms with van der Waals surface area (Å²) in [6.07, 6.45) is 1.20. The highest BCUT2D eigenvalue weighted by Crippen LogP contribution is 2.29. The van der Waals surface area contributed by atoms with Gasteiger partial charge >= 0.3 is 0 Å². The number of nitrogens with two attached hydrogens (primary N) is 1. The predicted molar refractivity (Wildman–Crippen MR) is 82.6 cm³/mol. The van der Waals surface area contributed by atoms with Gasteiger partial charge in [0.2, 0.25) is 0 Å². The molecular weight excluding hydrogens is 292 g/mol. The summed E-state index contributed by atoms with van der Waals surface area (Å²) in [5.41, 5.74) is 8.48. The second kappa shape index (κ2) is 4.57. The maximum Gasteiger partial charge on any atom is 0.181 e. The van der Waals surface area contributed by atoms with Crippen LogP contribution in [0.4, 0.5) is 5.13 Å². The summed E-state index contributed by atoms with van der Waals surface area (Å²) in [5.74, 6) is 0. The number of anilines is 1. The molecule has 1 heterocycles. The van der Waals surface area contributed by atoms with Gasteiger partial charge in [0.15, 0.2) is 15.0 Å². The quantitative estimate of drug-likeness (QED) is 0.790. The van der Waals surface area contributed by atoms with Crippen molar-refractivity contribution < 1.29 is 8.42 Å². The largest absolute Gasteiger partial charge is 0.375 e. The van der Waals surface area contributed by atoms with Crippen molar-refractivity contribution in [2.45, 2.75) is 4.90 Å². The highest BCUT2D eigenvalue weighted by molar-refractivity contribution is 7.90. The molecule has 3 aromatic rings. The Morgan fingerprint density at radius 1 is 1.05 bits per heavy atom. The van der Waals surface area contributed by atoms with Gasteiger partial charge < -0.3 is 5.73 Å². The second-order valence-corrected chi connectivity index (χ2v) is 7.61. The van der Waals surface area contributed by atoms with Crippen molar-refractivity contribution in [1.82, 2.24) is 4.98 Å². The van der Waals surface area contributed by atoms with Crippen LogP contribution in [0.25, 0.3) is 21.3 Å². The molecule has 20 heavy (non-hydrogen) atoms. The molecule has 0 saturated carbocycles. The monoisotopic (exact) mass is 304 g/mol. The molecule has 0 atom stereocenters. The van der Waals surface area contributed by atoms with Crippen LogP contribution in [-0.4, -0.2) is 19.7 Å². The van der Waals surface area contributed by atoms with Crippen molar-refractivity contribution in [1.29, 1.82) is 0 Å². The molecule has 0 spiro atoms. The standard InChI is InChI=1S/C14H12N2O2S2/c1-20(17,18)11-5-2-9(3-6-11)10-4-7-13-12(8-10)16-14(15)19-13/h2-8H,1H3,(H2,15,16). The van der Waals surface area contributed by atoms with Gasteiger partial charge in [0, 0.05) is 6.26 Å². The SMILES string of the molecule is CS(=O)(=O)c1ccc(-c2ccc3sc(N)nc3c2)cc1. The van der Waals surface area contributed by atoms with Gasteiger partial charge in [0.25, 0.3) is 0 Å². The fraction of sp³-hybridized carbons (Fsp3) is 0.0714. The minimum absolute atomic E-state index is 0.320. The number of nitrogens with zero attached hydrogens (tertiary/aromatic N) is 1. The molecule has 6 heteroatoms. The Hall–Kier alpha value is -1.92. The first-order chi connectivity index (χ1) is 9.43. The second-order valence-electron chi connectivity index (χ2n) is 4.53. The molecule has 1 aromatic heterocycles. The first-order valence-corrected chi connectivity index (χ1v) is 8.61. The highest BCUT2D eigenvalue weighted by Gasteiger charge is 2.08. The Kier molecular flexibility index (Phi) is 2.99. The molecule has 0 saturated heterocycles. The lowest BCUT2D eigenvalue weighted by Crippen LogP contribution is -1.96. The van der Waals surface area contributed by atoms with E-state index >= 15 is 0 Å². The van der Waals surface area contributed by atoms with Crippen LogP contribution in [0.15, 0.2) is 47.4 Å². The van der Waals surface area contributed by atoms with Crippen LogP contribution in [0.3, 0.4) is 0 Å². The summed E-state index contributed by atoms with van der Waals surface area (Å²) in [6, 6.07) is 12.7. The first kappa shape index (κ1) is 13.1. The topological polar surface area (TPSA) is 73.0 Å². The maximum atomic E-state index is 11.4. The Labute approximate surface area is 120 Å². The lowest BCUT2D eigenvalue weighted by Gasteiger charge is -2.03. The minimum Gasteiger partial charge on any atom is -0.375 e. The van der Waals surface area contributed by atoms with Crippen molar-refractivity contribution in [2.24, 2.45) is 0 Å². The fourth-order valence-electron chi connectivity index (χ4n) is 2.02. The number of fused-ring (bicyclic) bond motifs is 1. The summed E-state index contributed by atoms with van der Waals surface area (Å²) in [6.45, 7) is 0. The van der Waals surface area contributed by atoms with Crippen molar-refractivity contribution in [2.75, 3.05) is 12.0 Å². The Bertz CT molecular complexity index is 881. The van der Waals surface area contributed by atoms with Crippen molar-refractivity contribution >= 4 is 36.5 Å². The molecular formula is C14H12N2O2S2. The normalized spacial score (nSPS) is 11.8. The number of aromatic nitrogens is 1. The molecule has 0 aliphatic heterocycles. The molecule has 0 aliphatic carbocycles. The van der Waals surface area contributed by atoms with Gasteiger partial charge in [-0.15, -0.1) is 0 Å². The lowest BCUT2D eigenvalue weighted by atomic mass is 10.1. The smallest absolute Gasteiger partial charge is 0.181 e. The number of thiazole rings is 1. The molecule has 2 aromatic carbocycles. The van der Waals surface area contributed by atoms with Crippen LogP contribution < -0.4 is 5.73 Å². The van der Waals surface area contributed by atoms with E-state index in [1.807, 2.05) is 18.2 Å². The highest BCUT2D eigenvalue weighted by atomic mass is 32.2. The first-order valence-electron chi connectivity index (χ1n) is 5.90. The molecule has 0 bridgehead atoms. The zero-order chi connectivity index (χ0) is 14.3. The summed E-state index contributed by atoms with van der Waals surface area (Å²) in [5, 5.41) is 0.546. The fourth-order valence-corrected chi connectivity index (χ4v) is 3.36. The van der Waals surface area contributed by atoms with E-state index in [4.69, 9.17) is 5.73 Å². The van der Waals surface area contributed by atoms with E-state index < -0.39 is 9.84 Å². The van der Waals surface area contributed by atoms with Crippen LogP contribution >= 0.6 is 11.3 Å². The van der Waals surface area contributed by atoms with Crippen molar-refractivity contribution in [3.63, 3.8) is 0 Å². The van der Waals surface area contributed by atoms with Crippen LogP contribution in [0.2, 0.25) is 0 Å². The van der Waals surface area contributed by atoms with E-state index in [2.05, 4.69) is 4.98 Å². The summed E-state index contributed by atoms with van der Waals surface area (Å²) < 4.78 is 23.9. The third-order valence-electron chi connectivity index (χ3n) is 3.02. The zero-order valence-electron chi connectivity index (χ0n) is 10.7.